The van der Waals surface area contributed by atoms with Gasteiger partial charge in [0, 0.05) is 23.3 Å². The molecule has 0 aromatic heterocycles. The Labute approximate surface area is 105 Å². The zero-order valence-corrected chi connectivity index (χ0v) is 9.88. The maximum atomic E-state index is 10.5. The number of nitrogens with zero attached hydrogens (tertiary/aromatic N) is 1. The van der Waals surface area contributed by atoms with E-state index in [1.54, 1.807) is 12.1 Å². The van der Waals surface area contributed by atoms with Crippen LogP contribution in [0.2, 0.25) is 0 Å². The molecule has 0 heterocycles. The smallest absolute Gasteiger partial charge is 0.258 e. The average molecular weight is 237 g/mol. The third kappa shape index (κ3) is 2.96. The number of hydrogen-bond acceptors (Lipinski definition) is 2. The second kappa shape index (κ2) is 5.15. The SMILES string of the molecule is Cc1cccc(C#Cc2ccc([N+](=O)[O-])cc2)c1. The van der Waals surface area contributed by atoms with Gasteiger partial charge >= 0.3 is 0 Å². The van der Waals surface area contributed by atoms with Crippen molar-refractivity contribution in [2.75, 3.05) is 0 Å². The van der Waals surface area contributed by atoms with Crippen molar-refractivity contribution in [3.05, 3.63) is 75.3 Å². The largest absolute Gasteiger partial charge is 0.269 e. The highest BCUT2D eigenvalue weighted by molar-refractivity contribution is 5.46. The van der Waals surface area contributed by atoms with Gasteiger partial charge in [-0.15, -0.1) is 0 Å². The molecule has 0 fully saturated rings. The number of non-ortho nitro benzene ring substituents is 1. The molecule has 0 saturated heterocycles. The number of nitro groups is 1. The fraction of sp³-hybridized carbons (Fsp3) is 0.0667. The molecule has 0 N–H and O–H groups in total. The zero-order chi connectivity index (χ0) is 13.0. The molecule has 0 unspecified atom stereocenters. The lowest BCUT2D eigenvalue weighted by Crippen LogP contribution is -1.86. The molecule has 0 radical (unpaired) electrons. The van der Waals surface area contributed by atoms with Crippen LogP contribution < -0.4 is 0 Å². The molecule has 0 aliphatic rings. The Balaban J connectivity index is 2.22. The van der Waals surface area contributed by atoms with Crippen LogP contribution in [0.5, 0.6) is 0 Å². The maximum absolute atomic E-state index is 10.5. The van der Waals surface area contributed by atoms with Crippen LogP contribution in [0.1, 0.15) is 16.7 Å². The van der Waals surface area contributed by atoms with Crippen molar-refractivity contribution in [2.45, 2.75) is 6.92 Å². The molecular formula is C15H11NO2. The lowest BCUT2D eigenvalue weighted by Gasteiger charge is -1.93. The fourth-order valence-electron chi connectivity index (χ4n) is 1.53. The van der Waals surface area contributed by atoms with Crippen LogP contribution in [0.3, 0.4) is 0 Å². The monoisotopic (exact) mass is 237 g/mol. The van der Waals surface area contributed by atoms with E-state index in [1.807, 2.05) is 31.2 Å². The average Bonchev–Trinajstić information content (AvgIpc) is 2.37. The second-order valence-electron chi connectivity index (χ2n) is 3.92. The molecule has 88 valence electrons. The molecule has 0 spiro atoms. The Kier molecular flexibility index (Phi) is 3.40. The van der Waals surface area contributed by atoms with E-state index < -0.39 is 4.92 Å². The number of nitro benzene ring substituents is 1. The summed E-state index contributed by atoms with van der Waals surface area (Å²) < 4.78 is 0. The van der Waals surface area contributed by atoms with Gasteiger partial charge in [-0.1, -0.05) is 24.0 Å². The van der Waals surface area contributed by atoms with Crippen molar-refractivity contribution in [3.8, 4) is 11.8 Å². The highest BCUT2D eigenvalue weighted by Gasteiger charge is 2.02. The van der Waals surface area contributed by atoms with Crippen LogP contribution in [0, 0.1) is 28.9 Å². The van der Waals surface area contributed by atoms with Crippen LogP contribution in [0.15, 0.2) is 48.5 Å². The van der Waals surface area contributed by atoms with E-state index in [4.69, 9.17) is 0 Å². The first-order valence-electron chi connectivity index (χ1n) is 5.48. The van der Waals surface area contributed by atoms with Crippen molar-refractivity contribution < 1.29 is 4.92 Å². The first-order chi connectivity index (χ1) is 8.65. The molecule has 0 saturated carbocycles. The summed E-state index contributed by atoms with van der Waals surface area (Å²) in [4.78, 5) is 10.1. The molecule has 0 aliphatic heterocycles. The first-order valence-corrected chi connectivity index (χ1v) is 5.48. The van der Waals surface area contributed by atoms with E-state index in [0.717, 1.165) is 16.7 Å². The highest BCUT2D eigenvalue weighted by Crippen LogP contribution is 2.11. The van der Waals surface area contributed by atoms with E-state index in [1.165, 1.54) is 12.1 Å². The Morgan fingerprint density at radius 1 is 1.00 bits per heavy atom. The summed E-state index contributed by atoms with van der Waals surface area (Å²) in [6.45, 7) is 2.01. The Hall–Kier alpha value is -2.60. The minimum Gasteiger partial charge on any atom is -0.258 e. The van der Waals surface area contributed by atoms with Crippen molar-refractivity contribution >= 4 is 5.69 Å². The van der Waals surface area contributed by atoms with Gasteiger partial charge in [0.05, 0.1) is 4.92 Å². The molecule has 3 heteroatoms. The molecule has 18 heavy (non-hydrogen) atoms. The van der Waals surface area contributed by atoms with E-state index in [9.17, 15) is 10.1 Å². The zero-order valence-electron chi connectivity index (χ0n) is 9.88. The van der Waals surface area contributed by atoms with Gasteiger partial charge in [0.15, 0.2) is 0 Å². The number of rotatable bonds is 1. The van der Waals surface area contributed by atoms with Gasteiger partial charge in [-0.3, -0.25) is 10.1 Å². The molecule has 0 atom stereocenters. The molecule has 0 amide bonds. The second-order valence-corrected chi connectivity index (χ2v) is 3.92. The Morgan fingerprint density at radius 3 is 2.28 bits per heavy atom. The van der Waals surface area contributed by atoms with Crippen LogP contribution in [0.4, 0.5) is 5.69 Å². The molecule has 0 aliphatic carbocycles. The highest BCUT2D eigenvalue weighted by atomic mass is 16.6. The summed E-state index contributed by atoms with van der Waals surface area (Å²) in [7, 11) is 0. The van der Waals surface area contributed by atoms with Gasteiger partial charge in [-0.25, -0.2) is 0 Å². The molecule has 0 bridgehead atoms. The van der Waals surface area contributed by atoms with Crippen LogP contribution >= 0.6 is 0 Å². The van der Waals surface area contributed by atoms with Crippen LogP contribution in [-0.2, 0) is 0 Å². The molecular weight excluding hydrogens is 226 g/mol. The molecule has 2 rings (SSSR count). The number of aryl methyl sites for hydroxylation is 1. The van der Waals surface area contributed by atoms with Crippen molar-refractivity contribution in [2.24, 2.45) is 0 Å². The topological polar surface area (TPSA) is 43.1 Å². The summed E-state index contributed by atoms with van der Waals surface area (Å²) in [5.41, 5.74) is 2.94. The maximum Gasteiger partial charge on any atom is 0.269 e. The summed E-state index contributed by atoms with van der Waals surface area (Å²) in [6.07, 6.45) is 0. The summed E-state index contributed by atoms with van der Waals surface area (Å²) in [6, 6.07) is 14.1. The van der Waals surface area contributed by atoms with Gasteiger partial charge in [0.2, 0.25) is 0 Å². The van der Waals surface area contributed by atoms with Crippen LogP contribution in [-0.4, -0.2) is 4.92 Å². The number of benzene rings is 2. The van der Waals surface area contributed by atoms with Gasteiger partial charge in [-0.05, 0) is 36.8 Å². The summed E-state index contributed by atoms with van der Waals surface area (Å²) >= 11 is 0. The normalized spacial score (nSPS) is 9.39. The van der Waals surface area contributed by atoms with Gasteiger partial charge in [0.25, 0.3) is 5.69 Å². The Morgan fingerprint density at radius 2 is 1.67 bits per heavy atom. The van der Waals surface area contributed by atoms with Gasteiger partial charge < -0.3 is 0 Å². The lowest BCUT2D eigenvalue weighted by molar-refractivity contribution is -0.384. The minimum atomic E-state index is -0.419. The number of hydrogen-bond donors (Lipinski definition) is 0. The fourth-order valence-corrected chi connectivity index (χ4v) is 1.53. The lowest BCUT2D eigenvalue weighted by atomic mass is 10.1. The predicted molar refractivity (Wildman–Crippen MR) is 70.3 cm³/mol. The van der Waals surface area contributed by atoms with Crippen molar-refractivity contribution in [1.82, 2.24) is 0 Å². The van der Waals surface area contributed by atoms with E-state index in [2.05, 4.69) is 11.8 Å². The van der Waals surface area contributed by atoms with Gasteiger partial charge in [0.1, 0.15) is 0 Å². The van der Waals surface area contributed by atoms with Crippen LogP contribution in [0.25, 0.3) is 0 Å². The summed E-state index contributed by atoms with van der Waals surface area (Å²) in [5.74, 6) is 6.01. The standard InChI is InChI=1S/C15H11NO2/c1-12-3-2-4-14(11-12)6-5-13-7-9-15(10-8-13)16(17)18/h2-4,7-11H,1H3. The first kappa shape index (κ1) is 11.9. The summed E-state index contributed by atoms with van der Waals surface area (Å²) in [5, 5.41) is 10.5. The molecule has 2 aromatic rings. The molecule has 2 aromatic carbocycles. The van der Waals surface area contributed by atoms with E-state index in [0.29, 0.717) is 0 Å². The van der Waals surface area contributed by atoms with E-state index in [-0.39, 0.29) is 5.69 Å². The van der Waals surface area contributed by atoms with Gasteiger partial charge in [-0.2, -0.15) is 0 Å². The third-order valence-corrected chi connectivity index (χ3v) is 2.45. The third-order valence-electron chi connectivity index (χ3n) is 2.45. The molecule has 3 nitrogen and oxygen atoms in total. The minimum absolute atomic E-state index is 0.0797. The van der Waals surface area contributed by atoms with E-state index >= 15 is 0 Å². The predicted octanol–water partition coefficient (Wildman–Crippen LogP) is 3.30. The Bertz CT molecular complexity index is 634. The van der Waals surface area contributed by atoms with Crippen molar-refractivity contribution in [1.29, 1.82) is 0 Å². The van der Waals surface area contributed by atoms with Crippen molar-refractivity contribution in [3.63, 3.8) is 0 Å². The quantitative estimate of drug-likeness (QED) is 0.434.